The van der Waals surface area contributed by atoms with Crippen LogP contribution < -0.4 is 15.5 Å². The number of fused-ring (bicyclic) bond motifs is 6. The summed E-state index contributed by atoms with van der Waals surface area (Å²) >= 11 is 6.07. The maximum absolute atomic E-state index is 14.6. The fourth-order valence-corrected chi connectivity index (χ4v) is 6.79. The van der Waals surface area contributed by atoms with Crippen molar-refractivity contribution in [3.8, 4) is 0 Å². The van der Waals surface area contributed by atoms with Gasteiger partial charge in [-0.15, -0.1) is 0 Å². The van der Waals surface area contributed by atoms with Crippen molar-refractivity contribution in [1.29, 1.82) is 0 Å². The van der Waals surface area contributed by atoms with Gasteiger partial charge in [-0.3, -0.25) is 14.4 Å². The van der Waals surface area contributed by atoms with Crippen LogP contribution in [0.2, 0.25) is 5.02 Å². The molecule has 0 unspecified atom stereocenters. The second-order valence-electron chi connectivity index (χ2n) is 10.4. The summed E-state index contributed by atoms with van der Waals surface area (Å²) < 4.78 is 13.9. The summed E-state index contributed by atoms with van der Waals surface area (Å²) in [7, 11) is 0. The topological polar surface area (TPSA) is 78.5 Å². The first-order chi connectivity index (χ1) is 19.9. The molecule has 6 nitrogen and oxygen atoms in total. The van der Waals surface area contributed by atoms with Crippen molar-refractivity contribution in [2.75, 3.05) is 15.5 Å². The SMILES string of the molecule is O=C(Nc1ccc(Cl)cc1)[C@@H]1[C@H](C(=O)c2ccc(F)cc2)[C@]2(C(=O)Nc3ccccc32)[C@H]2C=Cc3ccccc3N12. The molecule has 0 radical (unpaired) electrons. The van der Waals surface area contributed by atoms with Gasteiger partial charge in [0.05, 0.1) is 12.0 Å². The van der Waals surface area contributed by atoms with Gasteiger partial charge in [0, 0.05) is 27.6 Å². The lowest BCUT2D eigenvalue weighted by Gasteiger charge is -2.37. The van der Waals surface area contributed by atoms with Gasteiger partial charge in [0.25, 0.3) is 0 Å². The van der Waals surface area contributed by atoms with Gasteiger partial charge in [-0.1, -0.05) is 60.2 Å². The zero-order valence-corrected chi connectivity index (χ0v) is 22.3. The largest absolute Gasteiger partial charge is 0.350 e. The zero-order chi connectivity index (χ0) is 28.3. The predicted octanol–water partition coefficient (Wildman–Crippen LogP) is 6.09. The number of benzene rings is 4. The van der Waals surface area contributed by atoms with Crippen molar-refractivity contribution in [2.24, 2.45) is 5.92 Å². The lowest BCUT2D eigenvalue weighted by Crippen LogP contribution is -2.51. The van der Waals surface area contributed by atoms with E-state index in [0.717, 1.165) is 11.3 Å². The quantitative estimate of drug-likeness (QED) is 0.295. The van der Waals surface area contributed by atoms with E-state index in [2.05, 4.69) is 10.6 Å². The third kappa shape index (κ3) is 3.73. The molecule has 3 aliphatic rings. The van der Waals surface area contributed by atoms with Gasteiger partial charge in [0.15, 0.2) is 5.78 Å². The molecule has 4 aromatic rings. The van der Waals surface area contributed by atoms with Crippen LogP contribution in [0.4, 0.5) is 21.5 Å². The fourth-order valence-electron chi connectivity index (χ4n) is 6.66. The van der Waals surface area contributed by atoms with E-state index in [1.165, 1.54) is 24.3 Å². The summed E-state index contributed by atoms with van der Waals surface area (Å²) in [5.41, 5.74) is 2.13. The average Bonchev–Trinajstić information content (AvgIpc) is 3.47. The number of amides is 2. The summed E-state index contributed by atoms with van der Waals surface area (Å²) in [6.07, 6.45) is 3.84. The minimum absolute atomic E-state index is 0.217. The third-order valence-corrected chi connectivity index (χ3v) is 8.59. The molecule has 4 aromatic carbocycles. The first kappa shape index (κ1) is 25.2. The van der Waals surface area contributed by atoms with Crippen molar-refractivity contribution in [3.05, 3.63) is 131 Å². The van der Waals surface area contributed by atoms with Gasteiger partial charge in [-0.25, -0.2) is 4.39 Å². The van der Waals surface area contributed by atoms with Gasteiger partial charge >= 0.3 is 0 Å². The van der Waals surface area contributed by atoms with Crippen molar-refractivity contribution >= 4 is 52.3 Å². The van der Waals surface area contributed by atoms with E-state index in [1.807, 2.05) is 59.5 Å². The maximum Gasteiger partial charge on any atom is 0.247 e. The first-order valence-corrected chi connectivity index (χ1v) is 13.6. The van der Waals surface area contributed by atoms with Crippen LogP contribution in [0.3, 0.4) is 0 Å². The lowest BCUT2D eigenvalue weighted by atomic mass is 9.64. The molecule has 8 heteroatoms. The number of carbonyl (C=O) groups is 3. The third-order valence-electron chi connectivity index (χ3n) is 8.33. The van der Waals surface area contributed by atoms with Crippen LogP contribution in [0.15, 0.2) is 103 Å². The van der Waals surface area contributed by atoms with E-state index >= 15 is 0 Å². The summed E-state index contributed by atoms with van der Waals surface area (Å²) in [4.78, 5) is 45.1. The monoisotopic (exact) mass is 563 g/mol. The smallest absolute Gasteiger partial charge is 0.247 e. The zero-order valence-electron chi connectivity index (χ0n) is 21.6. The molecule has 7 rings (SSSR count). The average molecular weight is 564 g/mol. The summed E-state index contributed by atoms with van der Waals surface area (Å²) in [5.74, 6) is -2.87. The Balaban J connectivity index is 1.48. The van der Waals surface area contributed by atoms with Crippen LogP contribution in [-0.2, 0) is 15.0 Å². The van der Waals surface area contributed by atoms with Crippen LogP contribution in [0, 0.1) is 11.7 Å². The van der Waals surface area contributed by atoms with Gasteiger partial charge in [0.1, 0.15) is 17.3 Å². The van der Waals surface area contributed by atoms with Crippen LogP contribution in [-0.4, -0.2) is 29.7 Å². The second kappa shape index (κ2) is 9.42. The molecule has 1 saturated heterocycles. The normalized spacial score (nSPS) is 23.5. The molecule has 0 saturated carbocycles. The van der Waals surface area contributed by atoms with Crippen molar-refractivity contribution < 1.29 is 18.8 Å². The van der Waals surface area contributed by atoms with Gasteiger partial charge in [-0.05, 0) is 71.8 Å². The van der Waals surface area contributed by atoms with Crippen LogP contribution in [0.5, 0.6) is 0 Å². The van der Waals surface area contributed by atoms with Gasteiger partial charge in [-0.2, -0.15) is 0 Å². The van der Waals surface area contributed by atoms with Crippen LogP contribution in [0.25, 0.3) is 6.08 Å². The highest BCUT2D eigenvalue weighted by Crippen LogP contribution is 2.57. The van der Waals surface area contributed by atoms with Crippen molar-refractivity contribution in [2.45, 2.75) is 17.5 Å². The van der Waals surface area contributed by atoms with E-state index in [-0.39, 0.29) is 11.5 Å². The molecule has 3 aliphatic heterocycles. The molecule has 2 amide bonds. The number of hydrogen-bond acceptors (Lipinski definition) is 4. The number of Topliss-reactive ketones (excluding diaryl/α,β-unsaturated/α-hetero) is 1. The van der Waals surface area contributed by atoms with Crippen LogP contribution >= 0.6 is 11.6 Å². The minimum Gasteiger partial charge on any atom is -0.350 e. The van der Waals surface area contributed by atoms with E-state index in [1.54, 1.807) is 30.3 Å². The number of nitrogens with zero attached hydrogens (tertiary/aromatic N) is 1. The Hall–Kier alpha value is -4.75. The van der Waals surface area contributed by atoms with E-state index in [0.29, 0.717) is 22.0 Å². The molecule has 4 atom stereocenters. The maximum atomic E-state index is 14.6. The molecule has 0 aliphatic carbocycles. The van der Waals surface area contributed by atoms with E-state index in [4.69, 9.17) is 11.6 Å². The van der Waals surface area contributed by atoms with Gasteiger partial charge in [0.2, 0.25) is 11.8 Å². The Bertz CT molecular complexity index is 1750. The fraction of sp³-hybridized carbons (Fsp3) is 0.121. The summed E-state index contributed by atoms with van der Waals surface area (Å²) in [6, 6.07) is 25.0. The summed E-state index contributed by atoms with van der Waals surface area (Å²) in [6.45, 7) is 0. The highest BCUT2D eigenvalue weighted by Gasteiger charge is 2.70. The predicted molar refractivity (Wildman–Crippen MR) is 157 cm³/mol. The molecule has 0 bridgehead atoms. The molecule has 2 N–H and O–H groups in total. The number of hydrogen-bond donors (Lipinski definition) is 2. The Labute approximate surface area is 240 Å². The van der Waals surface area contributed by atoms with Gasteiger partial charge < -0.3 is 15.5 Å². The Kier molecular flexibility index (Phi) is 5.80. The molecule has 1 fully saturated rings. The Morgan fingerprint density at radius 3 is 2.39 bits per heavy atom. The lowest BCUT2D eigenvalue weighted by molar-refractivity contribution is -0.122. The first-order valence-electron chi connectivity index (χ1n) is 13.2. The Morgan fingerprint density at radius 1 is 0.902 bits per heavy atom. The molecule has 202 valence electrons. The molecule has 0 aromatic heterocycles. The van der Waals surface area contributed by atoms with E-state index < -0.39 is 40.9 Å². The van der Waals surface area contributed by atoms with Crippen LogP contribution in [0.1, 0.15) is 21.5 Å². The second-order valence-corrected chi connectivity index (χ2v) is 10.9. The molecule has 41 heavy (non-hydrogen) atoms. The number of carbonyl (C=O) groups excluding carboxylic acids is 3. The molecular weight excluding hydrogens is 541 g/mol. The number of para-hydroxylation sites is 2. The Morgan fingerprint density at radius 2 is 1.61 bits per heavy atom. The van der Waals surface area contributed by atoms with Crippen molar-refractivity contribution in [1.82, 2.24) is 0 Å². The highest BCUT2D eigenvalue weighted by atomic mass is 35.5. The minimum atomic E-state index is -1.44. The van der Waals surface area contributed by atoms with E-state index in [9.17, 15) is 18.8 Å². The number of nitrogens with one attached hydrogen (secondary N) is 2. The molecular formula is C33H23ClFN3O3. The number of ketones is 1. The molecule has 3 heterocycles. The van der Waals surface area contributed by atoms with Crippen molar-refractivity contribution in [3.63, 3.8) is 0 Å². The highest BCUT2D eigenvalue weighted by molar-refractivity contribution is 6.30. The number of halogens is 2. The standard InChI is InChI=1S/C33H23ClFN3O3/c34-21-12-16-23(17-13-21)36-31(40)29-28(30(39)20-9-14-22(35)15-10-20)33(24-6-2-3-7-25(24)37-32(33)41)27-18-11-19-5-1-4-8-26(19)38(27)29/h1-18,27-29H,(H,36,40)(H,37,41)/t27-,28-,29+,33-/m1/s1. The summed E-state index contributed by atoms with van der Waals surface area (Å²) in [5, 5.41) is 6.46. The number of anilines is 3. The molecule has 1 spiro atoms. The number of rotatable bonds is 4.